The van der Waals surface area contributed by atoms with Crippen molar-refractivity contribution in [2.24, 2.45) is 0 Å². The molecule has 1 aliphatic rings. The molecule has 11 heteroatoms. The quantitative estimate of drug-likeness (QED) is 0.175. The van der Waals surface area contributed by atoms with Crippen molar-refractivity contribution in [3.05, 3.63) is 101 Å². The van der Waals surface area contributed by atoms with Crippen LogP contribution in [0.2, 0.25) is 0 Å². The molecule has 3 aromatic rings. The van der Waals surface area contributed by atoms with Gasteiger partial charge in [-0.3, -0.25) is 14.5 Å². The van der Waals surface area contributed by atoms with E-state index in [4.69, 9.17) is 14.2 Å². The number of rotatable bonds is 14. The van der Waals surface area contributed by atoms with E-state index in [0.717, 1.165) is 33.6 Å². The first-order valence-electron chi connectivity index (χ1n) is 17.2. The van der Waals surface area contributed by atoms with Gasteiger partial charge in [-0.25, -0.2) is 9.59 Å². The van der Waals surface area contributed by atoms with E-state index < -0.39 is 35.8 Å². The molecule has 0 bridgehead atoms. The average Bonchev–Trinajstić information content (AvgIpc) is 3.58. The van der Waals surface area contributed by atoms with Crippen molar-refractivity contribution >= 4 is 24.0 Å². The van der Waals surface area contributed by atoms with Gasteiger partial charge >= 0.3 is 12.2 Å². The standard InChI is InChI=1S/C39H50N4O7/c1-27-22-31(23-28(2)34(27)48-25-29-14-8-6-9-15-29)24-41-35(44)32(18-12-20-40-37(46)49-26-30-16-10-7-11-17-30)42-36(45)33-19-13-21-43(33)38(47)50-39(3,4)5/h6-11,14-17,22-23,32-33H,12-13,18-21,24-26H2,1-5H3,(H,40,46)(H,41,44)(H,42,45)/t32-,33?/m0/s1. The molecule has 0 spiro atoms. The number of likely N-dealkylation sites (tertiary alicyclic amines) is 1. The van der Waals surface area contributed by atoms with E-state index >= 15 is 0 Å². The first-order valence-corrected chi connectivity index (χ1v) is 17.2. The molecule has 0 saturated carbocycles. The molecule has 3 N–H and O–H groups in total. The Morgan fingerprint density at radius 1 is 0.860 bits per heavy atom. The van der Waals surface area contributed by atoms with Gasteiger partial charge in [-0.1, -0.05) is 72.8 Å². The molecule has 2 atom stereocenters. The molecule has 1 heterocycles. The maximum atomic E-state index is 13.6. The Morgan fingerprint density at radius 3 is 2.10 bits per heavy atom. The number of alkyl carbamates (subject to hydrolysis) is 1. The van der Waals surface area contributed by atoms with Crippen LogP contribution in [0, 0.1) is 13.8 Å². The molecule has 3 aromatic carbocycles. The molecule has 1 saturated heterocycles. The molecule has 0 aliphatic carbocycles. The smallest absolute Gasteiger partial charge is 0.410 e. The number of nitrogens with one attached hydrogen (secondary N) is 3. The van der Waals surface area contributed by atoms with Gasteiger partial charge in [0.15, 0.2) is 0 Å². The molecule has 0 radical (unpaired) electrons. The normalized spacial score (nSPS) is 14.7. The van der Waals surface area contributed by atoms with Crippen LogP contribution in [0.15, 0.2) is 72.8 Å². The second kappa shape index (κ2) is 18.1. The predicted octanol–water partition coefficient (Wildman–Crippen LogP) is 6.09. The molecule has 4 amide bonds. The van der Waals surface area contributed by atoms with Gasteiger partial charge in [0, 0.05) is 19.6 Å². The second-order valence-electron chi connectivity index (χ2n) is 13.6. The lowest BCUT2D eigenvalue weighted by atomic mass is 10.0. The molecular weight excluding hydrogens is 636 g/mol. The van der Waals surface area contributed by atoms with Crippen LogP contribution >= 0.6 is 0 Å². The molecule has 268 valence electrons. The van der Waals surface area contributed by atoms with Gasteiger partial charge < -0.3 is 30.2 Å². The minimum Gasteiger partial charge on any atom is -0.488 e. The largest absolute Gasteiger partial charge is 0.488 e. The van der Waals surface area contributed by atoms with Crippen LogP contribution < -0.4 is 20.7 Å². The number of hydrogen-bond donors (Lipinski definition) is 3. The highest BCUT2D eigenvalue weighted by Crippen LogP contribution is 2.26. The number of amides is 4. The van der Waals surface area contributed by atoms with Gasteiger partial charge in [0.2, 0.25) is 11.8 Å². The van der Waals surface area contributed by atoms with Crippen LogP contribution in [-0.2, 0) is 38.8 Å². The van der Waals surface area contributed by atoms with Gasteiger partial charge in [-0.2, -0.15) is 0 Å². The summed E-state index contributed by atoms with van der Waals surface area (Å²) in [6.45, 7) is 10.7. The third-order valence-electron chi connectivity index (χ3n) is 8.18. The minimum atomic E-state index is -0.901. The summed E-state index contributed by atoms with van der Waals surface area (Å²) >= 11 is 0. The van der Waals surface area contributed by atoms with Crippen LogP contribution in [0.3, 0.4) is 0 Å². The predicted molar refractivity (Wildman–Crippen MR) is 190 cm³/mol. The van der Waals surface area contributed by atoms with Crippen LogP contribution in [-0.4, -0.2) is 59.7 Å². The maximum Gasteiger partial charge on any atom is 0.410 e. The van der Waals surface area contributed by atoms with Crippen molar-refractivity contribution in [1.82, 2.24) is 20.9 Å². The number of carbonyl (C=O) groups excluding carboxylic acids is 4. The highest BCUT2D eigenvalue weighted by Gasteiger charge is 2.38. The third kappa shape index (κ3) is 11.8. The zero-order chi connectivity index (χ0) is 36.1. The summed E-state index contributed by atoms with van der Waals surface area (Å²) < 4.78 is 16.9. The van der Waals surface area contributed by atoms with Crippen LogP contribution in [0.25, 0.3) is 0 Å². The van der Waals surface area contributed by atoms with E-state index in [1.165, 1.54) is 4.90 Å². The molecule has 1 unspecified atom stereocenters. The van der Waals surface area contributed by atoms with Gasteiger partial charge in [-0.05, 0) is 88.1 Å². The first kappa shape index (κ1) is 37.8. The molecule has 50 heavy (non-hydrogen) atoms. The van der Waals surface area contributed by atoms with Gasteiger partial charge in [-0.15, -0.1) is 0 Å². The van der Waals surface area contributed by atoms with E-state index in [1.807, 2.05) is 86.6 Å². The first-order chi connectivity index (χ1) is 23.9. The van der Waals surface area contributed by atoms with E-state index in [-0.39, 0.29) is 32.0 Å². The molecule has 1 aliphatic heterocycles. The number of aryl methyl sites for hydroxylation is 2. The molecule has 1 fully saturated rings. The second-order valence-corrected chi connectivity index (χ2v) is 13.6. The number of carbonyl (C=O) groups is 4. The van der Waals surface area contributed by atoms with Crippen LogP contribution in [0.4, 0.5) is 9.59 Å². The van der Waals surface area contributed by atoms with Crippen LogP contribution in [0.1, 0.15) is 74.3 Å². The van der Waals surface area contributed by atoms with E-state index in [1.54, 1.807) is 20.8 Å². The zero-order valence-electron chi connectivity index (χ0n) is 29.8. The lowest BCUT2D eigenvalue weighted by molar-refractivity contribution is -0.131. The van der Waals surface area contributed by atoms with Crippen molar-refractivity contribution in [2.45, 2.75) is 97.7 Å². The summed E-state index contributed by atoms with van der Waals surface area (Å²) in [4.78, 5) is 53.6. The fraction of sp³-hybridized carbons (Fsp3) is 0.436. The van der Waals surface area contributed by atoms with E-state index in [0.29, 0.717) is 32.4 Å². The number of hydrogen-bond acceptors (Lipinski definition) is 7. The van der Waals surface area contributed by atoms with Crippen LogP contribution in [0.5, 0.6) is 5.75 Å². The molecule has 11 nitrogen and oxygen atoms in total. The van der Waals surface area contributed by atoms with Crippen molar-refractivity contribution in [1.29, 1.82) is 0 Å². The molecular formula is C39H50N4O7. The summed E-state index contributed by atoms with van der Waals surface area (Å²) in [6.07, 6.45) is 0.625. The Morgan fingerprint density at radius 2 is 1.48 bits per heavy atom. The van der Waals surface area contributed by atoms with Gasteiger partial charge in [0.05, 0.1) is 0 Å². The van der Waals surface area contributed by atoms with Crippen molar-refractivity contribution in [3.8, 4) is 5.75 Å². The Labute approximate surface area is 295 Å². The van der Waals surface area contributed by atoms with Crippen molar-refractivity contribution in [2.75, 3.05) is 13.1 Å². The van der Waals surface area contributed by atoms with Crippen molar-refractivity contribution in [3.63, 3.8) is 0 Å². The van der Waals surface area contributed by atoms with E-state index in [9.17, 15) is 19.2 Å². The highest BCUT2D eigenvalue weighted by molar-refractivity contribution is 5.91. The summed E-state index contributed by atoms with van der Waals surface area (Å²) in [5.74, 6) is 0.0110. The Hall–Kier alpha value is -5.06. The summed E-state index contributed by atoms with van der Waals surface area (Å²) in [5, 5.41) is 8.55. The summed E-state index contributed by atoms with van der Waals surface area (Å²) in [5.41, 5.74) is 4.02. The number of benzene rings is 3. The van der Waals surface area contributed by atoms with Crippen molar-refractivity contribution < 1.29 is 33.4 Å². The molecule has 4 rings (SSSR count). The number of ether oxygens (including phenoxy) is 3. The highest BCUT2D eigenvalue weighted by atomic mass is 16.6. The minimum absolute atomic E-state index is 0.141. The Balaban J connectivity index is 1.36. The van der Waals surface area contributed by atoms with E-state index in [2.05, 4.69) is 16.0 Å². The number of nitrogens with zero attached hydrogens (tertiary/aromatic N) is 1. The Kier molecular flexibility index (Phi) is 13.7. The topological polar surface area (TPSA) is 135 Å². The van der Waals surface area contributed by atoms with Gasteiger partial charge in [0.25, 0.3) is 0 Å². The lowest BCUT2D eigenvalue weighted by Gasteiger charge is -2.29. The Bertz CT molecular complexity index is 1570. The SMILES string of the molecule is Cc1cc(CNC(=O)[C@H](CCCNC(=O)OCc2ccccc2)NC(=O)C2CCCN2C(=O)OC(C)(C)C)cc(C)c1OCc1ccccc1. The monoisotopic (exact) mass is 686 g/mol. The fourth-order valence-corrected chi connectivity index (χ4v) is 5.80. The lowest BCUT2D eigenvalue weighted by Crippen LogP contribution is -2.53. The average molecular weight is 687 g/mol. The fourth-order valence-electron chi connectivity index (χ4n) is 5.80. The zero-order valence-corrected chi connectivity index (χ0v) is 29.8. The third-order valence-corrected chi connectivity index (χ3v) is 8.18. The van der Waals surface area contributed by atoms with Gasteiger partial charge in [0.1, 0.15) is 36.6 Å². The molecule has 0 aromatic heterocycles. The summed E-state index contributed by atoms with van der Waals surface area (Å²) in [6, 6.07) is 21.6. The summed E-state index contributed by atoms with van der Waals surface area (Å²) in [7, 11) is 0. The maximum absolute atomic E-state index is 13.6.